The summed E-state index contributed by atoms with van der Waals surface area (Å²) in [5, 5.41) is 1.20. The molecule has 1 aliphatic rings. The average Bonchev–Trinajstić information content (AvgIpc) is 3.21. The lowest BCUT2D eigenvalue weighted by Gasteiger charge is -2.26. The number of hydrogen-bond donors (Lipinski definition) is 2. The van der Waals surface area contributed by atoms with E-state index in [0.717, 1.165) is 38.0 Å². The number of aromatic nitrogens is 1. The molecular weight excluding hydrogens is 410 g/mol. The Kier molecular flexibility index (Phi) is 7.27. The third-order valence-electron chi connectivity index (χ3n) is 5.85. The first-order valence-electron chi connectivity index (χ1n) is 11.1. The largest absolute Gasteiger partial charge is 0.492 e. The summed E-state index contributed by atoms with van der Waals surface area (Å²) < 4.78 is 33.6. The molecule has 2 aromatic carbocycles. The lowest BCUT2D eigenvalue weighted by atomic mass is 10.1. The molecule has 6 nitrogen and oxygen atoms in total. The smallest absolute Gasteiger partial charge is 0.240 e. The van der Waals surface area contributed by atoms with Crippen LogP contribution >= 0.6 is 0 Å². The molecule has 0 saturated carbocycles. The van der Waals surface area contributed by atoms with E-state index in [-0.39, 0.29) is 4.90 Å². The molecule has 7 heteroatoms. The number of aryl methyl sites for hydroxylation is 1. The van der Waals surface area contributed by atoms with Gasteiger partial charge in [-0.3, -0.25) is 4.90 Å². The van der Waals surface area contributed by atoms with Gasteiger partial charge in [-0.05, 0) is 74.7 Å². The van der Waals surface area contributed by atoms with Gasteiger partial charge in [0.15, 0.2) is 0 Å². The summed E-state index contributed by atoms with van der Waals surface area (Å²) in [5.41, 5.74) is 2.32. The molecule has 3 aromatic rings. The van der Waals surface area contributed by atoms with E-state index in [1.807, 2.05) is 24.4 Å². The minimum absolute atomic E-state index is 0.267. The van der Waals surface area contributed by atoms with Crippen LogP contribution in [0.1, 0.15) is 31.2 Å². The van der Waals surface area contributed by atoms with Gasteiger partial charge in [0.1, 0.15) is 12.4 Å². The maximum absolute atomic E-state index is 12.6. The van der Waals surface area contributed by atoms with Crippen LogP contribution in [0.2, 0.25) is 0 Å². The van der Waals surface area contributed by atoms with Crippen LogP contribution in [0.4, 0.5) is 0 Å². The van der Waals surface area contributed by atoms with E-state index in [0.29, 0.717) is 18.9 Å². The van der Waals surface area contributed by atoms with Gasteiger partial charge in [0, 0.05) is 30.2 Å². The molecule has 4 rings (SSSR count). The van der Waals surface area contributed by atoms with Crippen molar-refractivity contribution in [3.8, 4) is 5.75 Å². The summed E-state index contributed by atoms with van der Waals surface area (Å²) in [4.78, 5) is 5.94. The molecule has 0 radical (unpaired) electrons. The topological polar surface area (TPSA) is 74.4 Å². The highest BCUT2D eigenvalue weighted by atomic mass is 32.2. The van der Waals surface area contributed by atoms with Crippen molar-refractivity contribution in [3.63, 3.8) is 0 Å². The summed E-state index contributed by atoms with van der Waals surface area (Å²) in [6.07, 6.45) is 7.41. The van der Waals surface area contributed by atoms with Crippen LogP contribution in [0.25, 0.3) is 10.9 Å². The van der Waals surface area contributed by atoms with Crippen molar-refractivity contribution in [2.24, 2.45) is 0 Å². The van der Waals surface area contributed by atoms with Gasteiger partial charge in [-0.15, -0.1) is 0 Å². The minimum atomic E-state index is -3.52. The standard InChI is InChI=1S/C24H31N3O3S/c28-31(29,26-14-6-7-20-19-25-24-9-3-2-8-23(20)24)22-12-10-21(11-13-22)30-18-17-27-15-4-1-5-16-27/h2-3,8-13,19,25-26H,1,4-7,14-18H2. The Morgan fingerprint density at radius 3 is 2.58 bits per heavy atom. The minimum Gasteiger partial charge on any atom is -0.492 e. The number of ether oxygens (including phenoxy) is 1. The second-order valence-electron chi connectivity index (χ2n) is 8.08. The molecule has 1 aromatic heterocycles. The number of aromatic amines is 1. The molecule has 2 N–H and O–H groups in total. The first-order valence-corrected chi connectivity index (χ1v) is 12.6. The SMILES string of the molecule is O=S(=O)(NCCCc1c[nH]c2ccccc12)c1ccc(OCCN2CCCCC2)cc1. The zero-order chi connectivity index (χ0) is 21.5. The molecule has 166 valence electrons. The summed E-state index contributed by atoms with van der Waals surface area (Å²) >= 11 is 0. The van der Waals surface area contributed by atoms with Gasteiger partial charge >= 0.3 is 0 Å². The van der Waals surface area contributed by atoms with Crippen molar-refractivity contribution in [2.75, 3.05) is 32.8 Å². The van der Waals surface area contributed by atoms with E-state index < -0.39 is 10.0 Å². The molecule has 0 bridgehead atoms. The second-order valence-corrected chi connectivity index (χ2v) is 9.85. The Morgan fingerprint density at radius 2 is 1.77 bits per heavy atom. The Labute approximate surface area is 184 Å². The number of H-pyrrole nitrogens is 1. The van der Waals surface area contributed by atoms with E-state index in [4.69, 9.17) is 4.74 Å². The van der Waals surface area contributed by atoms with E-state index in [2.05, 4.69) is 20.7 Å². The van der Waals surface area contributed by atoms with Crippen LogP contribution in [0, 0.1) is 0 Å². The number of benzene rings is 2. The van der Waals surface area contributed by atoms with Gasteiger partial charge in [-0.2, -0.15) is 0 Å². The predicted octanol–water partition coefficient (Wildman–Crippen LogP) is 3.94. The Balaban J connectivity index is 1.22. The van der Waals surface area contributed by atoms with Gasteiger partial charge in [0.2, 0.25) is 10.0 Å². The predicted molar refractivity (Wildman–Crippen MR) is 124 cm³/mol. The van der Waals surface area contributed by atoms with E-state index in [1.54, 1.807) is 24.3 Å². The van der Waals surface area contributed by atoms with E-state index in [9.17, 15) is 8.42 Å². The Morgan fingerprint density at radius 1 is 1.00 bits per heavy atom. The summed E-state index contributed by atoms with van der Waals surface area (Å²) in [5.74, 6) is 0.704. The van der Waals surface area contributed by atoms with Crippen LogP contribution in [-0.2, 0) is 16.4 Å². The van der Waals surface area contributed by atoms with Crippen LogP contribution in [0.5, 0.6) is 5.75 Å². The van der Waals surface area contributed by atoms with Crippen molar-refractivity contribution in [3.05, 3.63) is 60.3 Å². The maximum atomic E-state index is 12.6. The Hall–Kier alpha value is -2.35. The van der Waals surface area contributed by atoms with Crippen molar-refractivity contribution in [2.45, 2.75) is 37.0 Å². The molecule has 1 fully saturated rings. The van der Waals surface area contributed by atoms with Crippen LogP contribution < -0.4 is 9.46 Å². The molecule has 0 unspecified atom stereocenters. The third-order valence-corrected chi connectivity index (χ3v) is 7.33. The van der Waals surface area contributed by atoms with Gasteiger partial charge in [0.25, 0.3) is 0 Å². The Bertz CT molecular complexity index is 1070. The first-order chi connectivity index (χ1) is 15.1. The van der Waals surface area contributed by atoms with E-state index in [1.165, 1.54) is 30.2 Å². The second kappa shape index (κ2) is 10.3. The van der Waals surface area contributed by atoms with Crippen molar-refractivity contribution >= 4 is 20.9 Å². The lowest BCUT2D eigenvalue weighted by Crippen LogP contribution is -2.33. The number of likely N-dealkylation sites (tertiary alicyclic amines) is 1. The van der Waals surface area contributed by atoms with Crippen LogP contribution in [0.15, 0.2) is 59.6 Å². The van der Waals surface area contributed by atoms with Crippen molar-refractivity contribution in [1.82, 2.24) is 14.6 Å². The lowest BCUT2D eigenvalue weighted by molar-refractivity contribution is 0.183. The first kappa shape index (κ1) is 21.9. The molecule has 0 spiro atoms. The van der Waals surface area contributed by atoms with Gasteiger partial charge in [-0.25, -0.2) is 13.1 Å². The number of nitrogens with zero attached hydrogens (tertiary/aromatic N) is 1. The molecule has 0 aliphatic carbocycles. The molecule has 2 heterocycles. The van der Waals surface area contributed by atoms with E-state index >= 15 is 0 Å². The molecular formula is C24H31N3O3S. The maximum Gasteiger partial charge on any atom is 0.240 e. The normalized spacial score (nSPS) is 15.4. The number of fused-ring (bicyclic) bond motifs is 1. The number of para-hydroxylation sites is 1. The summed E-state index contributed by atoms with van der Waals surface area (Å²) in [6, 6.07) is 14.8. The fourth-order valence-electron chi connectivity index (χ4n) is 4.10. The monoisotopic (exact) mass is 441 g/mol. The zero-order valence-corrected chi connectivity index (χ0v) is 18.7. The highest BCUT2D eigenvalue weighted by Gasteiger charge is 2.14. The number of piperidine rings is 1. The highest BCUT2D eigenvalue weighted by Crippen LogP contribution is 2.19. The summed E-state index contributed by atoms with van der Waals surface area (Å²) in [7, 11) is -3.52. The number of hydrogen-bond acceptors (Lipinski definition) is 4. The number of sulfonamides is 1. The van der Waals surface area contributed by atoms with Gasteiger partial charge < -0.3 is 9.72 Å². The fourth-order valence-corrected chi connectivity index (χ4v) is 5.17. The van der Waals surface area contributed by atoms with Gasteiger partial charge in [-0.1, -0.05) is 24.6 Å². The fraction of sp³-hybridized carbons (Fsp3) is 0.417. The quantitative estimate of drug-likeness (QED) is 0.467. The zero-order valence-electron chi connectivity index (χ0n) is 17.8. The van der Waals surface area contributed by atoms with Crippen LogP contribution in [-0.4, -0.2) is 51.1 Å². The molecule has 31 heavy (non-hydrogen) atoms. The molecule has 1 aliphatic heterocycles. The highest BCUT2D eigenvalue weighted by molar-refractivity contribution is 7.89. The van der Waals surface area contributed by atoms with Crippen LogP contribution in [0.3, 0.4) is 0 Å². The average molecular weight is 442 g/mol. The number of nitrogens with one attached hydrogen (secondary N) is 2. The summed E-state index contributed by atoms with van der Waals surface area (Å²) in [6.45, 7) is 4.23. The van der Waals surface area contributed by atoms with Crippen molar-refractivity contribution < 1.29 is 13.2 Å². The number of rotatable bonds is 10. The van der Waals surface area contributed by atoms with Crippen molar-refractivity contribution in [1.29, 1.82) is 0 Å². The van der Waals surface area contributed by atoms with Gasteiger partial charge in [0.05, 0.1) is 4.90 Å². The molecule has 0 amide bonds. The molecule has 0 atom stereocenters. The molecule has 1 saturated heterocycles. The third kappa shape index (κ3) is 5.87.